The fourth-order valence-electron chi connectivity index (χ4n) is 2.88. The van der Waals surface area contributed by atoms with Gasteiger partial charge in [0.05, 0.1) is 18.0 Å². The summed E-state index contributed by atoms with van der Waals surface area (Å²) in [4.78, 5) is 16.0. The minimum atomic E-state index is 0.465. The highest BCUT2D eigenvalue weighted by Gasteiger charge is 2.25. The molecule has 2 aromatic heterocycles. The van der Waals surface area contributed by atoms with Crippen molar-refractivity contribution >= 4 is 22.3 Å². The number of thiazole rings is 1. The second kappa shape index (κ2) is 7.33. The lowest BCUT2D eigenvalue weighted by molar-refractivity contribution is 0.160. The highest BCUT2D eigenvalue weighted by Crippen LogP contribution is 2.28. The van der Waals surface area contributed by atoms with Crippen molar-refractivity contribution < 1.29 is 4.74 Å². The van der Waals surface area contributed by atoms with Crippen LogP contribution in [0, 0.1) is 13.8 Å². The van der Waals surface area contributed by atoms with E-state index in [0.29, 0.717) is 5.92 Å². The predicted molar refractivity (Wildman–Crippen MR) is 92.6 cm³/mol. The van der Waals surface area contributed by atoms with E-state index in [0.717, 1.165) is 60.8 Å². The lowest BCUT2D eigenvalue weighted by Gasteiger charge is -2.15. The SMILES string of the molecule is COCCN1CCC(c2cc(Nc3nc(C)cs3)nc(C)n2)C1. The van der Waals surface area contributed by atoms with Gasteiger partial charge >= 0.3 is 0 Å². The molecule has 7 heteroatoms. The van der Waals surface area contributed by atoms with Crippen molar-refractivity contribution in [2.75, 3.05) is 38.7 Å². The number of anilines is 2. The first-order valence-electron chi connectivity index (χ1n) is 7.90. The van der Waals surface area contributed by atoms with Gasteiger partial charge in [0.2, 0.25) is 0 Å². The van der Waals surface area contributed by atoms with Gasteiger partial charge in [0, 0.05) is 37.6 Å². The Hall–Kier alpha value is -1.57. The Morgan fingerprint density at radius 1 is 1.35 bits per heavy atom. The summed E-state index contributed by atoms with van der Waals surface area (Å²) in [5.41, 5.74) is 2.14. The van der Waals surface area contributed by atoms with Crippen molar-refractivity contribution in [1.82, 2.24) is 19.9 Å². The molecule has 124 valence electrons. The van der Waals surface area contributed by atoms with Crippen molar-refractivity contribution in [3.05, 3.63) is 28.7 Å². The van der Waals surface area contributed by atoms with Crippen LogP contribution in [-0.2, 0) is 4.74 Å². The molecular weight excluding hydrogens is 310 g/mol. The van der Waals surface area contributed by atoms with E-state index < -0.39 is 0 Å². The van der Waals surface area contributed by atoms with Crippen LogP contribution in [0.1, 0.15) is 29.6 Å². The third-order valence-corrected chi connectivity index (χ3v) is 4.89. The number of rotatable bonds is 6. The summed E-state index contributed by atoms with van der Waals surface area (Å²) in [6.07, 6.45) is 1.13. The number of aryl methyl sites for hydroxylation is 2. The Morgan fingerprint density at radius 3 is 2.96 bits per heavy atom. The molecule has 0 spiro atoms. The van der Waals surface area contributed by atoms with Crippen LogP contribution in [0.15, 0.2) is 11.4 Å². The Kier molecular flexibility index (Phi) is 5.20. The third kappa shape index (κ3) is 4.25. The van der Waals surface area contributed by atoms with Gasteiger partial charge in [0.15, 0.2) is 5.13 Å². The number of hydrogen-bond acceptors (Lipinski definition) is 7. The van der Waals surface area contributed by atoms with E-state index in [1.807, 2.05) is 19.2 Å². The molecule has 0 bridgehead atoms. The molecule has 1 atom stereocenters. The Bertz CT molecular complexity index is 660. The number of hydrogen-bond donors (Lipinski definition) is 1. The summed E-state index contributed by atoms with van der Waals surface area (Å²) in [5, 5.41) is 6.20. The van der Waals surface area contributed by atoms with Gasteiger partial charge < -0.3 is 15.0 Å². The Labute approximate surface area is 140 Å². The summed E-state index contributed by atoms with van der Waals surface area (Å²) in [6.45, 7) is 7.85. The van der Waals surface area contributed by atoms with Gasteiger partial charge in [-0.25, -0.2) is 15.0 Å². The smallest absolute Gasteiger partial charge is 0.188 e. The zero-order valence-corrected chi connectivity index (χ0v) is 14.7. The van der Waals surface area contributed by atoms with Gasteiger partial charge in [-0.3, -0.25) is 0 Å². The first kappa shape index (κ1) is 16.3. The number of nitrogens with zero attached hydrogens (tertiary/aromatic N) is 4. The molecule has 1 N–H and O–H groups in total. The van der Waals surface area contributed by atoms with Gasteiger partial charge in [0.25, 0.3) is 0 Å². The third-order valence-electron chi connectivity index (χ3n) is 4.01. The molecule has 0 aliphatic carbocycles. The molecule has 2 aromatic rings. The second-order valence-corrected chi connectivity index (χ2v) is 6.78. The van der Waals surface area contributed by atoms with Crippen molar-refractivity contribution in [1.29, 1.82) is 0 Å². The predicted octanol–water partition coefficient (Wildman–Crippen LogP) is 2.73. The van der Waals surface area contributed by atoms with E-state index in [4.69, 9.17) is 4.74 Å². The average molecular weight is 333 g/mol. The molecule has 6 nitrogen and oxygen atoms in total. The van der Waals surface area contributed by atoms with E-state index in [9.17, 15) is 0 Å². The van der Waals surface area contributed by atoms with Crippen LogP contribution in [0.25, 0.3) is 0 Å². The molecule has 0 aromatic carbocycles. The fourth-order valence-corrected chi connectivity index (χ4v) is 3.58. The van der Waals surface area contributed by atoms with Gasteiger partial charge in [-0.15, -0.1) is 11.3 Å². The molecule has 0 radical (unpaired) electrons. The molecule has 23 heavy (non-hydrogen) atoms. The van der Waals surface area contributed by atoms with E-state index >= 15 is 0 Å². The van der Waals surface area contributed by atoms with Crippen molar-refractivity contribution in [3.63, 3.8) is 0 Å². The summed E-state index contributed by atoms with van der Waals surface area (Å²) in [5.74, 6) is 2.10. The van der Waals surface area contributed by atoms with Gasteiger partial charge in [-0.1, -0.05) is 0 Å². The highest BCUT2D eigenvalue weighted by molar-refractivity contribution is 7.13. The summed E-state index contributed by atoms with van der Waals surface area (Å²) < 4.78 is 5.17. The van der Waals surface area contributed by atoms with Gasteiger partial charge in [-0.05, 0) is 26.8 Å². The zero-order valence-electron chi connectivity index (χ0n) is 13.9. The minimum Gasteiger partial charge on any atom is -0.383 e. The van der Waals surface area contributed by atoms with Gasteiger partial charge in [0.1, 0.15) is 11.6 Å². The molecule has 0 saturated carbocycles. The standard InChI is InChI=1S/C16H23N5OS/c1-11-10-23-16(17-11)20-15-8-14(18-12(2)19-15)13-4-5-21(9-13)6-7-22-3/h8,10,13H,4-7,9H2,1-3H3,(H,17,18,19,20). The molecule has 1 fully saturated rings. The van der Waals surface area contributed by atoms with Gasteiger partial charge in [-0.2, -0.15) is 0 Å². The van der Waals surface area contributed by atoms with Crippen LogP contribution in [0.3, 0.4) is 0 Å². The topological polar surface area (TPSA) is 63.2 Å². The quantitative estimate of drug-likeness (QED) is 0.877. The molecule has 1 aliphatic rings. The van der Waals surface area contributed by atoms with E-state index in [1.54, 1.807) is 18.4 Å². The number of ether oxygens (including phenoxy) is 1. The lowest BCUT2D eigenvalue weighted by Crippen LogP contribution is -2.24. The molecule has 1 aliphatic heterocycles. The lowest BCUT2D eigenvalue weighted by atomic mass is 10.0. The van der Waals surface area contributed by atoms with Crippen LogP contribution in [0.2, 0.25) is 0 Å². The zero-order chi connectivity index (χ0) is 16.2. The van der Waals surface area contributed by atoms with Crippen LogP contribution in [-0.4, -0.2) is 53.2 Å². The fraction of sp³-hybridized carbons (Fsp3) is 0.562. The van der Waals surface area contributed by atoms with Crippen LogP contribution in [0.5, 0.6) is 0 Å². The average Bonchev–Trinajstić information content (AvgIpc) is 3.14. The van der Waals surface area contributed by atoms with Crippen LogP contribution >= 0.6 is 11.3 Å². The maximum absolute atomic E-state index is 5.17. The molecule has 1 saturated heterocycles. The molecule has 1 unspecified atom stereocenters. The number of nitrogens with one attached hydrogen (secondary N) is 1. The van der Waals surface area contributed by atoms with E-state index in [-0.39, 0.29) is 0 Å². The van der Waals surface area contributed by atoms with E-state index in [2.05, 4.69) is 31.2 Å². The second-order valence-electron chi connectivity index (χ2n) is 5.92. The maximum atomic E-state index is 5.17. The largest absolute Gasteiger partial charge is 0.383 e. The number of likely N-dealkylation sites (tertiary alicyclic amines) is 1. The van der Waals surface area contributed by atoms with E-state index in [1.165, 1.54) is 0 Å². The molecule has 3 heterocycles. The highest BCUT2D eigenvalue weighted by atomic mass is 32.1. The van der Waals surface area contributed by atoms with Crippen molar-refractivity contribution in [2.45, 2.75) is 26.2 Å². The molecular formula is C16H23N5OS. The van der Waals surface area contributed by atoms with Crippen molar-refractivity contribution in [2.24, 2.45) is 0 Å². The number of methoxy groups -OCH3 is 1. The van der Waals surface area contributed by atoms with Crippen LogP contribution in [0.4, 0.5) is 10.9 Å². The normalized spacial score (nSPS) is 18.5. The number of aromatic nitrogens is 3. The Balaban J connectivity index is 1.70. The Morgan fingerprint density at radius 2 is 2.22 bits per heavy atom. The summed E-state index contributed by atoms with van der Waals surface area (Å²) in [7, 11) is 1.75. The van der Waals surface area contributed by atoms with Crippen molar-refractivity contribution in [3.8, 4) is 0 Å². The summed E-state index contributed by atoms with van der Waals surface area (Å²) in [6, 6.07) is 2.06. The first-order valence-corrected chi connectivity index (χ1v) is 8.78. The molecule has 0 amide bonds. The van der Waals surface area contributed by atoms with Crippen LogP contribution < -0.4 is 5.32 Å². The monoisotopic (exact) mass is 333 g/mol. The summed E-state index contributed by atoms with van der Waals surface area (Å²) >= 11 is 1.59. The minimum absolute atomic E-state index is 0.465. The first-order chi connectivity index (χ1) is 11.1. The maximum Gasteiger partial charge on any atom is 0.188 e. The molecule has 3 rings (SSSR count).